The molecule has 2 aromatic heterocycles. The van der Waals surface area contributed by atoms with Gasteiger partial charge in [0.15, 0.2) is 5.82 Å². The first-order valence-electron chi connectivity index (χ1n) is 10.8. The first-order valence-corrected chi connectivity index (χ1v) is 10.8. The van der Waals surface area contributed by atoms with Crippen LogP contribution in [0.3, 0.4) is 0 Å². The zero-order valence-corrected chi connectivity index (χ0v) is 17.4. The summed E-state index contributed by atoms with van der Waals surface area (Å²) in [4.78, 5) is 6.23. The standard InChI is InChI=1S/C24H26FN5O/c1-30(21-14-16-5-4-7-20(27-16)24(21)25)23-11-10-19(28-29-23)17-9-8-15(13-22(17)31)18-6-2-3-12-26-18/h2-3,6,8-13,16,20-21,24,27,31H,4-5,7,14H2,1H3/t16-,20+,21-,24+/m1/s1. The molecule has 4 atom stereocenters. The van der Waals surface area contributed by atoms with Gasteiger partial charge in [-0.25, -0.2) is 4.39 Å². The van der Waals surface area contributed by atoms with E-state index >= 15 is 4.39 Å². The summed E-state index contributed by atoms with van der Waals surface area (Å²) >= 11 is 0. The molecule has 2 aliphatic rings. The van der Waals surface area contributed by atoms with Gasteiger partial charge >= 0.3 is 0 Å². The number of benzene rings is 1. The van der Waals surface area contributed by atoms with Crippen LogP contribution in [0.1, 0.15) is 25.7 Å². The molecule has 0 radical (unpaired) electrons. The lowest BCUT2D eigenvalue weighted by molar-refractivity contribution is 0.107. The third-order valence-electron chi connectivity index (χ3n) is 6.54. The van der Waals surface area contributed by atoms with Gasteiger partial charge in [-0.15, -0.1) is 10.2 Å². The summed E-state index contributed by atoms with van der Waals surface area (Å²) in [6.07, 6.45) is 4.65. The van der Waals surface area contributed by atoms with Crippen LogP contribution in [0.2, 0.25) is 0 Å². The quantitative estimate of drug-likeness (QED) is 0.667. The van der Waals surface area contributed by atoms with Crippen LogP contribution in [0.5, 0.6) is 5.75 Å². The number of phenols is 1. The van der Waals surface area contributed by atoms with Crippen molar-refractivity contribution < 1.29 is 9.50 Å². The van der Waals surface area contributed by atoms with E-state index in [4.69, 9.17) is 0 Å². The van der Waals surface area contributed by atoms with Crippen LogP contribution in [-0.2, 0) is 0 Å². The number of aromatic nitrogens is 3. The summed E-state index contributed by atoms with van der Waals surface area (Å²) in [6.45, 7) is 0. The van der Waals surface area contributed by atoms with Gasteiger partial charge in [0.2, 0.25) is 0 Å². The van der Waals surface area contributed by atoms with E-state index in [0.717, 1.165) is 36.9 Å². The summed E-state index contributed by atoms with van der Waals surface area (Å²) in [5, 5.41) is 22.6. The number of fused-ring (bicyclic) bond motifs is 2. The molecule has 3 aromatic rings. The van der Waals surface area contributed by atoms with Crippen molar-refractivity contribution in [1.82, 2.24) is 20.5 Å². The number of alkyl halides is 1. The molecule has 2 bridgehead atoms. The molecule has 0 aliphatic carbocycles. The van der Waals surface area contributed by atoms with Crippen LogP contribution in [0.25, 0.3) is 22.5 Å². The number of hydrogen-bond acceptors (Lipinski definition) is 6. The van der Waals surface area contributed by atoms with E-state index in [-0.39, 0.29) is 17.8 Å². The minimum atomic E-state index is -0.925. The highest BCUT2D eigenvalue weighted by Gasteiger charge is 2.41. The Labute approximate surface area is 181 Å². The van der Waals surface area contributed by atoms with E-state index in [1.54, 1.807) is 12.3 Å². The van der Waals surface area contributed by atoms with Crippen molar-refractivity contribution in [3.8, 4) is 28.3 Å². The molecule has 2 N–H and O–H groups in total. The predicted molar refractivity (Wildman–Crippen MR) is 119 cm³/mol. The van der Waals surface area contributed by atoms with Crippen molar-refractivity contribution in [2.45, 2.75) is 50.0 Å². The second-order valence-electron chi connectivity index (χ2n) is 8.48. The monoisotopic (exact) mass is 419 g/mol. The number of anilines is 1. The molecule has 1 aromatic carbocycles. The maximum absolute atomic E-state index is 15.0. The van der Waals surface area contributed by atoms with Crippen LogP contribution in [0.15, 0.2) is 54.7 Å². The van der Waals surface area contributed by atoms with Gasteiger partial charge in [0.25, 0.3) is 0 Å². The van der Waals surface area contributed by atoms with Crippen molar-refractivity contribution in [1.29, 1.82) is 0 Å². The molecule has 2 aliphatic heterocycles. The number of hydrogen-bond donors (Lipinski definition) is 2. The van der Waals surface area contributed by atoms with Crippen molar-refractivity contribution >= 4 is 5.82 Å². The molecular weight excluding hydrogens is 393 g/mol. The van der Waals surface area contributed by atoms with E-state index in [9.17, 15) is 5.11 Å². The highest BCUT2D eigenvalue weighted by atomic mass is 19.1. The molecule has 6 nitrogen and oxygen atoms in total. The Balaban J connectivity index is 1.35. The van der Waals surface area contributed by atoms with Crippen LogP contribution < -0.4 is 10.2 Å². The summed E-state index contributed by atoms with van der Waals surface area (Å²) in [5.41, 5.74) is 2.79. The van der Waals surface area contributed by atoms with E-state index in [0.29, 0.717) is 23.1 Å². The minimum Gasteiger partial charge on any atom is -0.507 e. The summed E-state index contributed by atoms with van der Waals surface area (Å²) in [6, 6.07) is 14.8. The number of rotatable bonds is 4. The van der Waals surface area contributed by atoms with Gasteiger partial charge in [-0.2, -0.15) is 0 Å². The van der Waals surface area contributed by atoms with Gasteiger partial charge in [0.05, 0.1) is 17.4 Å². The number of pyridine rings is 1. The molecule has 4 heterocycles. The Kier molecular flexibility index (Phi) is 5.28. The van der Waals surface area contributed by atoms with Crippen molar-refractivity contribution in [2.75, 3.05) is 11.9 Å². The zero-order valence-electron chi connectivity index (χ0n) is 17.4. The zero-order chi connectivity index (χ0) is 21.4. The molecule has 0 saturated carbocycles. The molecule has 7 heteroatoms. The van der Waals surface area contributed by atoms with Gasteiger partial charge in [-0.3, -0.25) is 4.98 Å². The Morgan fingerprint density at radius 1 is 1.06 bits per heavy atom. The fraction of sp³-hybridized carbons (Fsp3) is 0.375. The van der Waals surface area contributed by atoms with Gasteiger partial charge in [-0.05, 0) is 55.7 Å². The number of halogens is 1. The molecule has 5 rings (SSSR count). The normalized spacial score (nSPS) is 25.2. The molecular formula is C24H26FN5O. The lowest BCUT2D eigenvalue weighted by atomic mass is 9.82. The Morgan fingerprint density at radius 3 is 2.71 bits per heavy atom. The molecule has 0 unspecified atom stereocenters. The van der Waals surface area contributed by atoms with E-state index in [1.807, 2.05) is 54.4 Å². The Bertz CT molecular complexity index is 1050. The van der Waals surface area contributed by atoms with E-state index in [2.05, 4.69) is 20.5 Å². The molecule has 31 heavy (non-hydrogen) atoms. The lowest BCUT2D eigenvalue weighted by Gasteiger charge is -2.46. The Hall–Kier alpha value is -3.06. The van der Waals surface area contributed by atoms with E-state index < -0.39 is 6.17 Å². The molecule has 160 valence electrons. The number of phenolic OH excluding ortho intramolecular Hbond substituents is 1. The first-order chi connectivity index (χ1) is 15.1. The highest BCUT2D eigenvalue weighted by molar-refractivity contribution is 5.73. The average molecular weight is 420 g/mol. The van der Waals surface area contributed by atoms with Crippen LogP contribution in [0, 0.1) is 0 Å². The van der Waals surface area contributed by atoms with E-state index in [1.165, 1.54) is 0 Å². The maximum Gasteiger partial charge on any atom is 0.151 e. The fourth-order valence-corrected chi connectivity index (χ4v) is 4.82. The largest absolute Gasteiger partial charge is 0.507 e. The predicted octanol–water partition coefficient (Wildman–Crippen LogP) is 3.97. The topological polar surface area (TPSA) is 74.2 Å². The highest BCUT2D eigenvalue weighted by Crippen LogP contribution is 2.34. The van der Waals surface area contributed by atoms with Gasteiger partial charge < -0.3 is 15.3 Å². The molecule has 2 saturated heterocycles. The summed E-state index contributed by atoms with van der Waals surface area (Å²) in [5.74, 6) is 0.759. The third-order valence-corrected chi connectivity index (χ3v) is 6.54. The number of aromatic hydroxyl groups is 1. The molecule has 2 fully saturated rings. The van der Waals surface area contributed by atoms with Crippen LogP contribution in [0.4, 0.5) is 10.2 Å². The maximum atomic E-state index is 15.0. The Morgan fingerprint density at radius 2 is 1.97 bits per heavy atom. The van der Waals surface area contributed by atoms with Crippen LogP contribution >= 0.6 is 0 Å². The first kappa shape index (κ1) is 19.9. The minimum absolute atomic E-state index is 0.0678. The number of nitrogens with zero attached hydrogens (tertiary/aromatic N) is 4. The van der Waals surface area contributed by atoms with Gasteiger partial charge in [0.1, 0.15) is 11.9 Å². The number of nitrogens with one attached hydrogen (secondary N) is 1. The molecule has 0 spiro atoms. The van der Waals surface area contributed by atoms with Crippen molar-refractivity contribution in [3.63, 3.8) is 0 Å². The van der Waals surface area contributed by atoms with Crippen molar-refractivity contribution in [2.24, 2.45) is 0 Å². The van der Waals surface area contributed by atoms with Crippen molar-refractivity contribution in [3.05, 3.63) is 54.7 Å². The van der Waals surface area contributed by atoms with Gasteiger partial charge in [-0.1, -0.05) is 18.6 Å². The number of piperidine rings is 2. The second-order valence-corrected chi connectivity index (χ2v) is 8.48. The summed E-state index contributed by atoms with van der Waals surface area (Å²) in [7, 11) is 1.89. The molecule has 0 amide bonds. The lowest BCUT2D eigenvalue weighted by Crippen LogP contribution is -2.61. The summed E-state index contributed by atoms with van der Waals surface area (Å²) < 4.78 is 15.0. The average Bonchev–Trinajstić information content (AvgIpc) is 2.82. The fourth-order valence-electron chi connectivity index (χ4n) is 4.82. The SMILES string of the molecule is CN(c1ccc(-c2ccc(-c3ccccn3)cc2O)nn1)[C@@H]1C[C@H]2CCC[C@H](N2)[C@@H]1F. The third kappa shape index (κ3) is 3.85. The van der Waals surface area contributed by atoms with Gasteiger partial charge in [0, 0.05) is 36.5 Å². The second kappa shape index (κ2) is 8.23. The van der Waals surface area contributed by atoms with Crippen LogP contribution in [-0.4, -0.2) is 51.6 Å². The smallest absolute Gasteiger partial charge is 0.151 e.